The number of hydrogen-bond acceptors (Lipinski definition) is 7. The van der Waals surface area contributed by atoms with Gasteiger partial charge < -0.3 is 9.47 Å². The van der Waals surface area contributed by atoms with Gasteiger partial charge in [0.05, 0.1) is 28.8 Å². The number of hydrogen-bond donors (Lipinski definition) is 1. The fourth-order valence-electron chi connectivity index (χ4n) is 2.43. The number of aromatic nitrogens is 1. The predicted octanol–water partition coefficient (Wildman–Crippen LogP) is 3.39. The molecule has 0 aliphatic carbocycles. The van der Waals surface area contributed by atoms with E-state index in [9.17, 15) is 14.4 Å². The molecule has 2 aromatic heterocycles. The van der Waals surface area contributed by atoms with Crippen molar-refractivity contribution in [3.05, 3.63) is 53.4 Å². The molecule has 7 nitrogen and oxygen atoms in total. The predicted molar refractivity (Wildman–Crippen MR) is 100 cm³/mol. The van der Waals surface area contributed by atoms with Gasteiger partial charge in [-0.15, -0.1) is 11.3 Å². The molecule has 1 aromatic carbocycles. The fraction of sp³-hybridized carbons (Fsp3) is 0.158. The van der Waals surface area contributed by atoms with E-state index in [1.54, 1.807) is 24.3 Å². The maximum atomic E-state index is 12.7. The van der Waals surface area contributed by atoms with E-state index in [0.29, 0.717) is 22.2 Å². The molecule has 2 amide bonds. The normalized spacial score (nSPS) is 11.6. The van der Waals surface area contributed by atoms with Crippen LogP contribution in [-0.2, 0) is 14.3 Å². The van der Waals surface area contributed by atoms with Crippen molar-refractivity contribution in [3.8, 4) is 10.6 Å². The summed E-state index contributed by atoms with van der Waals surface area (Å²) >= 11 is 1.50. The van der Waals surface area contributed by atoms with Crippen LogP contribution in [0.5, 0.6) is 0 Å². The summed E-state index contributed by atoms with van der Waals surface area (Å²) in [5.41, 5.74) is 1.58. The Kier molecular flexibility index (Phi) is 5.46. The SMILES string of the molecule is COC(=O)NC(=O)[C@@H](C)OC(=O)c1cc(-c2cccs2)nc2ccccc12. The summed E-state index contributed by atoms with van der Waals surface area (Å²) in [4.78, 5) is 41.2. The molecule has 0 radical (unpaired) electrons. The van der Waals surface area contributed by atoms with Gasteiger partial charge in [0, 0.05) is 5.39 Å². The van der Waals surface area contributed by atoms with Crippen LogP contribution in [-0.4, -0.2) is 36.2 Å². The van der Waals surface area contributed by atoms with Crippen LogP contribution >= 0.6 is 11.3 Å². The standard InChI is InChI=1S/C19H16N2O5S/c1-11(17(22)21-19(24)25-2)26-18(23)13-10-15(16-8-5-9-27-16)20-14-7-4-3-6-12(13)14/h3-11H,1-2H3,(H,21,22,24)/t11-/m1/s1. The molecule has 0 spiro atoms. The molecular formula is C19H16N2O5S. The van der Waals surface area contributed by atoms with Crippen LogP contribution in [0.4, 0.5) is 4.79 Å². The van der Waals surface area contributed by atoms with E-state index in [4.69, 9.17) is 4.74 Å². The number of fused-ring (bicyclic) bond motifs is 1. The van der Waals surface area contributed by atoms with E-state index in [2.05, 4.69) is 9.72 Å². The molecule has 1 N–H and O–H groups in total. The van der Waals surface area contributed by atoms with Crippen LogP contribution < -0.4 is 5.32 Å². The van der Waals surface area contributed by atoms with E-state index in [1.807, 2.05) is 28.9 Å². The molecule has 0 bridgehead atoms. The van der Waals surface area contributed by atoms with Gasteiger partial charge in [-0.2, -0.15) is 0 Å². The minimum absolute atomic E-state index is 0.293. The highest BCUT2D eigenvalue weighted by atomic mass is 32.1. The fourth-order valence-corrected chi connectivity index (χ4v) is 3.11. The van der Waals surface area contributed by atoms with Gasteiger partial charge in [0.2, 0.25) is 0 Å². The summed E-state index contributed by atoms with van der Waals surface area (Å²) in [7, 11) is 1.13. The van der Waals surface area contributed by atoms with Crippen molar-refractivity contribution >= 4 is 40.2 Å². The summed E-state index contributed by atoms with van der Waals surface area (Å²) in [6.45, 7) is 1.37. The van der Waals surface area contributed by atoms with Crippen LogP contribution in [0.1, 0.15) is 17.3 Å². The first-order valence-corrected chi connectivity index (χ1v) is 8.91. The Bertz CT molecular complexity index is 1000. The average molecular weight is 384 g/mol. The lowest BCUT2D eigenvalue weighted by molar-refractivity contribution is -0.128. The molecule has 0 fully saturated rings. The molecule has 1 atom stereocenters. The van der Waals surface area contributed by atoms with Gasteiger partial charge in [-0.25, -0.2) is 14.6 Å². The number of nitrogens with one attached hydrogen (secondary N) is 1. The van der Waals surface area contributed by atoms with E-state index in [1.165, 1.54) is 18.3 Å². The third-order valence-electron chi connectivity index (χ3n) is 3.77. The second-order valence-corrected chi connectivity index (χ2v) is 6.53. The number of amides is 2. The third-order valence-corrected chi connectivity index (χ3v) is 4.67. The quantitative estimate of drug-likeness (QED) is 0.693. The highest BCUT2D eigenvalue weighted by molar-refractivity contribution is 7.13. The number of thiophene rings is 1. The zero-order valence-electron chi connectivity index (χ0n) is 14.6. The van der Waals surface area contributed by atoms with Gasteiger partial charge in [0.25, 0.3) is 5.91 Å². The molecule has 3 aromatic rings. The van der Waals surface area contributed by atoms with Crippen molar-refractivity contribution < 1.29 is 23.9 Å². The number of benzene rings is 1. The maximum absolute atomic E-state index is 12.7. The molecule has 0 aliphatic heterocycles. The first kappa shape index (κ1) is 18.5. The first-order chi connectivity index (χ1) is 13.0. The van der Waals surface area contributed by atoms with Gasteiger partial charge in [-0.05, 0) is 30.5 Å². The van der Waals surface area contributed by atoms with Gasteiger partial charge in [-0.1, -0.05) is 24.3 Å². The Morgan fingerprint density at radius 3 is 2.63 bits per heavy atom. The van der Waals surface area contributed by atoms with Crippen molar-refractivity contribution in [2.75, 3.05) is 7.11 Å². The molecule has 0 aliphatic rings. The van der Waals surface area contributed by atoms with Gasteiger partial charge in [-0.3, -0.25) is 10.1 Å². The molecule has 0 unspecified atom stereocenters. The summed E-state index contributed by atoms with van der Waals surface area (Å²) in [5, 5.41) is 4.50. The number of carbonyl (C=O) groups is 3. The number of esters is 1. The molecule has 27 heavy (non-hydrogen) atoms. The Labute approximate surface area is 158 Å². The lowest BCUT2D eigenvalue weighted by atomic mass is 10.1. The number of imide groups is 1. The monoisotopic (exact) mass is 384 g/mol. The van der Waals surface area contributed by atoms with Gasteiger partial charge >= 0.3 is 12.1 Å². The van der Waals surface area contributed by atoms with Crippen LogP contribution in [0.3, 0.4) is 0 Å². The number of methoxy groups -OCH3 is 1. The number of nitrogens with zero attached hydrogens (tertiary/aromatic N) is 1. The molecule has 138 valence electrons. The highest BCUT2D eigenvalue weighted by Gasteiger charge is 2.23. The zero-order chi connectivity index (χ0) is 19.4. The summed E-state index contributed by atoms with van der Waals surface area (Å²) < 4.78 is 9.60. The summed E-state index contributed by atoms with van der Waals surface area (Å²) in [6, 6.07) is 12.6. The molecule has 8 heteroatoms. The molecule has 3 rings (SSSR count). The van der Waals surface area contributed by atoms with E-state index in [0.717, 1.165) is 12.0 Å². The lowest BCUT2D eigenvalue weighted by Crippen LogP contribution is -2.39. The number of ether oxygens (including phenoxy) is 2. The van der Waals surface area contributed by atoms with Crippen molar-refractivity contribution in [1.82, 2.24) is 10.3 Å². The summed E-state index contributed by atoms with van der Waals surface area (Å²) in [6.07, 6.45) is -2.09. The number of para-hydroxylation sites is 1. The zero-order valence-corrected chi connectivity index (χ0v) is 15.4. The van der Waals surface area contributed by atoms with Crippen LogP contribution in [0.25, 0.3) is 21.5 Å². The number of carbonyl (C=O) groups excluding carboxylic acids is 3. The number of rotatable bonds is 4. The van der Waals surface area contributed by atoms with Gasteiger partial charge in [0.1, 0.15) is 0 Å². The Balaban J connectivity index is 1.91. The van der Waals surface area contributed by atoms with E-state index >= 15 is 0 Å². The topological polar surface area (TPSA) is 94.6 Å². The van der Waals surface area contributed by atoms with Gasteiger partial charge in [0.15, 0.2) is 6.10 Å². The molecular weight excluding hydrogens is 368 g/mol. The van der Waals surface area contributed by atoms with Crippen molar-refractivity contribution in [1.29, 1.82) is 0 Å². The Morgan fingerprint density at radius 1 is 1.15 bits per heavy atom. The molecule has 2 heterocycles. The second-order valence-electron chi connectivity index (χ2n) is 5.58. The smallest absolute Gasteiger partial charge is 0.413 e. The molecule has 0 saturated heterocycles. The number of pyridine rings is 1. The highest BCUT2D eigenvalue weighted by Crippen LogP contribution is 2.28. The Morgan fingerprint density at radius 2 is 1.93 bits per heavy atom. The van der Waals surface area contributed by atoms with Crippen LogP contribution in [0.15, 0.2) is 47.8 Å². The molecule has 0 saturated carbocycles. The van der Waals surface area contributed by atoms with E-state index in [-0.39, 0.29) is 0 Å². The first-order valence-electron chi connectivity index (χ1n) is 8.03. The minimum atomic E-state index is -1.17. The minimum Gasteiger partial charge on any atom is -0.453 e. The summed E-state index contributed by atoms with van der Waals surface area (Å²) in [5.74, 6) is -1.45. The van der Waals surface area contributed by atoms with Crippen molar-refractivity contribution in [2.24, 2.45) is 0 Å². The number of alkyl carbamates (subject to hydrolysis) is 1. The lowest BCUT2D eigenvalue weighted by Gasteiger charge is -2.14. The van der Waals surface area contributed by atoms with Crippen LogP contribution in [0.2, 0.25) is 0 Å². The average Bonchev–Trinajstić information content (AvgIpc) is 3.21. The maximum Gasteiger partial charge on any atom is 0.413 e. The van der Waals surface area contributed by atoms with Crippen molar-refractivity contribution in [3.63, 3.8) is 0 Å². The van der Waals surface area contributed by atoms with Crippen LogP contribution in [0, 0.1) is 0 Å². The second kappa shape index (κ2) is 7.96. The van der Waals surface area contributed by atoms with E-state index < -0.39 is 24.1 Å². The Hall–Kier alpha value is -3.26. The van der Waals surface area contributed by atoms with Crippen molar-refractivity contribution in [2.45, 2.75) is 13.0 Å². The largest absolute Gasteiger partial charge is 0.453 e. The third kappa shape index (κ3) is 4.12.